The molecule has 0 bridgehead atoms. The van der Waals surface area contributed by atoms with Gasteiger partial charge in [0.15, 0.2) is 9.84 Å². The average molecular weight is 319 g/mol. The fraction of sp³-hybridized carbons (Fsp3) is 0.294. The summed E-state index contributed by atoms with van der Waals surface area (Å²) in [4.78, 5) is 0.299. The molecule has 0 amide bonds. The number of sulfone groups is 1. The van der Waals surface area contributed by atoms with E-state index in [0.717, 1.165) is 30.5 Å². The van der Waals surface area contributed by atoms with E-state index in [1.54, 1.807) is 30.3 Å². The molecule has 0 aliphatic heterocycles. The molecule has 1 unspecified atom stereocenters. The molecule has 0 heterocycles. The summed E-state index contributed by atoms with van der Waals surface area (Å²) in [6.07, 6.45) is 4.15. The summed E-state index contributed by atoms with van der Waals surface area (Å²) in [5, 5.41) is 3.38. The highest BCUT2D eigenvalue weighted by Crippen LogP contribution is 2.33. The monoisotopic (exact) mass is 319 g/mol. The molecule has 0 saturated carbocycles. The third-order valence-corrected chi connectivity index (χ3v) is 5.17. The molecule has 0 saturated heterocycles. The Morgan fingerprint density at radius 2 is 1.86 bits per heavy atom. The second-order valence-electron chi connectivity index (χ2n) is 5.73. The number of hydrogen-bond donors (Lipinski definition) is 1. The summed E-state index contributed by atoms with van der Waals surface area (Å²) < 4.78 is 36.4. The lowest BCUT2D eigenvalue weighted by atomic mass is 9.87. The van der Waals surface area contributed by atoms with Crippen molar-refractivity contribution in [3.05, 3.63) is 59.4 Å². The second-order valence-corrected chi connectivity index (χ2v) is 7.74. The molecule has 1 aliphatic carbocycles. The Kier molecular flexibility index (Phi) is 3.91. The van der Waals surface area contributed by atoms with Gasteiger partial charge in [0.05, 0.1) is 10.9 Å². The minimum absolute atomic E-state index is 0.0588. The van der Waals surface area contributed by atoms with Crippen molar-refractivity contribution in [1.29, 1.82) is 0 Å². The van der Waals surface area contributed by atoms with Gasteiger partial charge in [0, 0.05) is 11.9 Å². The minimum atomic E-state index is -3.18. The van der Waals surface area contributed by atoms with Crippen LogP contribution in [0.5, 0.6) is 0 Å². The SMILES string of the molecule is CS(=O)(=O)c1ccc(NC2CCCc3ccc(F)cc32)cc1. The summed E-state index contributed by atoms with van der Waals surface area (Å²) in [5.74, 6) is -0.222. The molecule has 2 aromatic carbocycles. The van der Waals surface area contributed by atoms with Crippen LogP contribution in [0.15, 0.2) is 47.4 Å². The zero-order valence-corrected chi connectivity index (χ0v) is 13.2. The number of hydrogen-bond acceptors (Lipinski definition) is 3. The minimum Gasteiger partial charge on any atom is -0.378 e. The molecule has 22 heavy (non-hydrogen) atoms. The quantitative estimate of drug-likeness (QED) is 0.938. The largest absolute Gasteiger partial charge is 0.378 e. The van der Waals surface area contributed by atoms with Crippen LogP contribution < -0.4 is 5.32 Å². The van der Waals surface area contributed by atoms with Gasteiger partial charge >= 0.3 is 0 Å². The van der Waals surface area contributed by atoms with Gasteiger partial charge in [0.2, 0.25) is 0 Å². The van der Waals surface area contributed by atoms with Gasteiger partial charge < -0.3 is 5.32 Å². The fourth-order valence-corrected chi connectivity index (χ4v) is 3.55. The topological polar surface area (TPSA) is 46.2 Å². The summed E-state index contributed by atoms with van der Waals surface area (Å²) in [6, 6.07) is 11.7. The molecule has 0 spiro atoms. The first-order valence-corrected chi connectivity index (χ1v) is 9.17. The zero-order chi connectivity index (χ0) is 15.7. The molecule has 0 radical (unpaired) electrons. The Morgan fingerprint density at radius 1 is 1.14 bits per heavy atom. The summed E-state index contributed by atoms with van der Waals surface area (Å²) >= 11 is 0. The van der Waals surface area contributed by atoms with Crippen molar-refractivity contribution in [3.63, 3.8) is 0 Å². The van der Waals surface area contributed by atoms with Crippen molar-refractivity contribution in [2.24, 2.45) is 0 Å². The summed E-state index contributed by atoms with van der Waals surface area (Å²) in [6.45, 7) is 0. The molecule has 116 valence electrons. The maximum atomic E-state index is 13.5. The van der Waals surface area contributed by atoms with E-state index in [4.69, 9.17) is 0 Å². The maximum Gasteiger partial charge on any atom is 0.175 e. The molecule has 3 rings (SSSR count). The highest BCUT2D eigenvalue weighted by Gasteiger charge is 2.20. The van der Waals surface area contributed by atoms with E-state index in [9.17, 15) is 12.8 Å². The van der Waals surface area contributed by atoms with Crippen molar-refractivity contribution < 1.29 is 12.8 Å². The van der Waals surface area contributed by atoms with E-state index in [0.29, 0.717) is 4.90 Å². The maximum absolute atomic E-state index is 13.5. The molecule has 1 atom stereocenters. The normalized spacial score (nSPS) is 17.8. The van der Waals surface area contributed by atoms with Gasteiger partial charge in [-0.2, -0.15) is 0 Å². The van der Waals surface area contributed by atoms with E-state index >= 15 is 0 Å². The molecule has 1 N–H and O–H groups in total. The van der Waals surface area contributed by atoms with Crippen molar-refractivity contribution in [1.82, 2.24) is 0 Å². The van der Waals surface area contributed by atoms with E-state index < -0.39 is 9.84 Å². The van der Waals surface area contributed by atoms with E-state index in [1.165, 1.54) is 17.9 Å². The predicted octanol–water partition coefficient (Wildman–Crippen LogP) is 3.72. The van der Waals surface area contributed by atoms with Gasteiger partial charge in [-0.3, -0.25) is 0 Å². The predicted molar refractivity (Wildman–Crippen MR) is 85.3 cm³/mol. The summed E-state index contributed by atoms with van der Waals surface area (Å²) in [7, 11) is -3.18. The smallest absolute Gasteiger partial charge is 0.175 e. The Labute approximate surface area is 130 Å². The molecule has 2 aromatic rings. The third-order valence-electron chi connectivity index (χ3n) is 4.05. The Balaban J connectivity index is 1.84. The van der Waals surface area contributed by atoms with Crippen LogP contribution in [0.2, 0.25) is 0 Å². The van der Waals surface area contributed by atoms with Crippen LogP contribution in [0.3, 0.4) is 0 Å². The van der Waals surface area contributed by atoms with E-state index in [-0.39, 0.29) is 11.9 Å². The number of fused-ring (bicyclic) bond motifs is 1. The van der Waals surface area contributed by atoms with Crippen molar-refractivity contribution >= 4 is 15.5 Å². The van der Waals surface area contributed by atoms with Crippen LogP contribution in [-0.2, 0) is 16.3 Å². The number of aryl methyl sites for hydroxylation is 1. The number of benzene rings is 2. The van der Waals surface area contributed by atoms with Gasteiger partial charge in [-0.25, -0.2) is 12.8 Å². The van der Waals surface area contributed by atoms with Gasteiger partial charge in [-0.15, -0.1) is 0 Å². The first-order valence-electron chi connectivity index (χ1n) is 7.28. The first-order chi connectivity index (χ1) is 10.4. The first kappa shape index (κ1) is 15.0. The molecule has 1 aliphatic rings. The molecule has 0 fully saturated rings. The average Bonchev–Trinajstić information content (AvgIpc) is 2.47. The Morgan fingerprint density at radius 3 is 2.55 bits per heavy atom. The highest BCUT2D eigenvalue weighted by atomic mass is 32.2. The third kappa shape index (κ3) is 3.14. The molecule has 3 nitrogen and oxygen atoms in total. The van der Waals surface area contributed by atoms with Crippen molar-refractivity contribution in [2.75, 3.05) is 11.6 Å². The lowest BCUT2D eigenvalue weighted by molar-refractivity contribution is 0.580. The number of halogens is 1. The summed E-state index contributed by atoms with van der Waals surface area (Å²) in [5.41, 5.74) is 3.02. The number of nitrogens with one attached hydrogen (secondary N) is 1. The lowest BCUT2D eigenvalue weighted by Crippen LogP contribution is -2.17. The molecule has 0 aromatic heterocycles. The van der Waals surface area contributed by atoms with Gasteiger partial charge in [0.25, 0.3) is 0 Å². The lowest BCUT2D eigenvalue weighted by Gasteiger charge is -2.27. The fourth-order valence-electron chi connectivity index (χ4n) is 2.92. The van der Waals surface area contributed by atoms with Gasteiger partial charge in [0.1, 0.15) is 5.82 Å². The van der Waals surface area contributed by atoms with Crippen LogP contribution in [0.4, 0.5) is 10.1 Å². The van der Waals surface area contributed by atoms with Crippen LogP contribution in [0, 0.1) is 5.82 Å². The molecular weight excluding hydrogens is 301 g/mol. The zero-order valence-electron chi connectivity index (χ0n) is 12.3. The van der Waals surface area contributed by atoms with Crippen molar-refractivity contribution in [2.45, 2.75) is 30.2 Å². The highest BCUT2D eigenvalue weighted by molar-refractivity contribution is 7.90. The van der Waals surface area contributed by atoms with E-state index in [1.807, 2.05) is 6.07 Å². The van der Waals surface area contributed by atoms with Crippen LogP contribution in [0.25, 0.3) is 0 Å². The number of rotatable bonds is 3. The standard InChI is InChI=1S/C17H18FNO2S/c1-22(20,21)15-9-7-14(8-10-15)19-17-4-2-3-12-5-6-13(18)11-16(12)17/h5-11,17,19H,2-4H2,1H3. The van der Waals surface area contributed by atoms with Gasteiger partial charge in [-0.1, -0.05) is 6.07 Å². The second kappa shape index (κ2) is 5.72. The van der Waals surface area contributed by atoms with Crippen LogP contribution >= 0.6 is 0 Å². The van der Waals surface area contributed by atoms with E-state index in [2.05, 4.69) is 5.32 Å². The molecule has 5 heteroatoms. The Bertz CT molecular complexity index is 785. The Hall–Kier alpha value is -1.88. The van der Waals surface area contributed by atoms with Crippen LogP contribution in [-0.4, -0.2) is 14.7 Å². The van der Waals surface area contributed by atoms with Crippen molar-refractivity contribution in [3.8, 4) is 0 Å². The molecular formula is C17H18FNO2S. The number of anilines is 1. The van der Waals surface area contributed by atoms with Crippen LogP contribution in [0.1, 0.15) is 30.0 Å². The van der Waals surface area contributed by atoms with Gasteiger partial charge in [-0.05, 0) is 66.8 Å².